The SMILES string of the molecule is CC(C)(C)c1ccccc1C(O)Cc1nccs1. The van der Waals surface area contributed by atoms with Crippen LogP contribution in [-0.2, 0) is 11.8 Å². The van der Waals surface area contributed by atoms with E-state index in [2.05, 4.69) is 31.8 Å². The summed E-state index contributed by atoms with van der Waals surface area (Å²) in [6, 6.07) is 8.12. The minimum Gasteiger partial charge on any atom is -0.388 e. The molecule has 0 aliphatic carbocycles. The molecule has 1 atom stereocenters. The molecule has 0 fully saturated rings. The summed E-state index contributed by atoms with van der Waals surface area (Å²) in [5.41, 5.74) is 2.26. The van der Waals surface area contributed by atoms with E-state index in [4.69, 9.17) is 0 Å². The van der Waals surface area contributed by atoms with Gasteiger partial charge in [0.25, 0.3) is 0 Å². The number of hydrogen-bond donors (Lipinski definition) is 1. The van der Waals surface area contributed by atoms with E-state index in [-0.39, 0.29) is 5.41 Å². The molecule has 96 valence electrons. The van der Waals surface area contributed by atoms with E-state index in [1.54, 1.807) is 17.5 Å². The van der Waals surface area contributed by atoms with Crippen molar-refractivity contribution in [3.05, 3.63) is 52.0 Å². The molecule has 0 saturated heterocycles. The van der Waals surface area contributed by atoms with Gasteiger partial charge >= 0.3 is 0 Å². The van der Waals surface area contributed by atoms with Crippen LogP contribution in [0.15, 0.2) is 35.8 Å². The molecule has 2 aromatic rings. The Morgan fingerprint density at radius 2 is 2.00 bits per heavy atom. The Balaban J connectivity index is 2.27. The van der Waals surface area contributed by atoms with Gasteiger partial charge in [0.15, 0.2) is 0 Å². The smallest absolute Gasteiger partial charge is 0.0954 e. The summed E-state index contributed by atoms with van der Waals surface area (Å²) in [7, 11) is 0. The van der Waals surface area contributed by atoms with Gasteiger partial charge in [0, 0.05) is 18.0 Å². The molecule has 0 saturated carbocycles. The van der Waals surface area contributed by atoms with E-state index in [1.165, 1.54) is 5.56 Å². The van der Waals surface area contributed by atoms with Gasteiger partial charge in [-0.2, -0.15) is 0 Å². The second kappa shape index (κ2) is 5.21. The maximum absolute atomic E-state index is 10.4. The molecule has 18 heavy (non-hydrogen) atoms. The van der Waals surface area contributed by atoms with Crippen LogP contribution in [-0.4, -0.2) is 10.1 Å². The summed E-state index contributed by atoms with van der Waals surface area (Å²) >= 11 is 1.59. The third-order valence-corrected chi connectivity index (χ3v) is 3.78. The lowest BCUT2D eigenvalue weighted by molar-refractivity contribution is 0.176. The molecule has 0 spiro atoms. The van der Waals surface area contributed by atoms with Crippen molar-refractivity contribution in [1.82, 2.24) is 4.98 Å². The van der Waals surface area contributed by atoms with Crippen LogP contribution >= 0.6 is 11.3 Å². The highest BCUT2D eigenvalue weighted by Gasteiger charge is 2.21. The largest absolute Gasteiger partial charge is 0.388 e. The van der Waals surface area contributed by atoms with Crippen molar-refractivity contribution >= 4 is 11.3 Å². The molecule has 2 nitrogen and oxygen atoms in total. The van der Waals surface area contributed by atoms with Gasteiger partial charge in [-0.1, -0.05) is 45.0 Å². The molecule has 2 rings (SSSR count). The average molecular weight is 261 g/mol. The van der Waals surface area contributed by atoms with E-state index in [0.717, 1.165) is 10.6 Å². The Hall–Kier alpha value is -1.19. The molecule has 0 aliphatic heterocycles. The normalized spacial score (nSPS) is 13.6. The second-order valence-electron chi connectivity index (χ2n) is 5.48. The van der Waals surface area contributed by atoms with Crippen molar-refractivity contribution in [3.8, 4) is 0 Å². The molecule has 1 unspecified atom stereocenters. The number of aliphatic hydroxyl groups excluding tert-OH is 1. The van der Waals surface area contributed by atoms with Gasteiger partial charge in [-0.05, 0) is 16.5 Å². The maximum atomic E-state index is 10.4. The predicted octanol–water partition coefficient (Wildman–Crippen LogP) is 3.72. The van der Waals surface area contributed by atoms with Gasteiger partial charge in [-0.3, -0.25) is 0 Å². The monoisotopic (exact) mass is 261 g/mol. The van der Waals surface area contributed by atoms with Crippen molar-refractivity contribution in [3.63, 3.8) is 0 Å². The first kappa shape index (κ1) is 13.2. The average Bonchev–Trinajstić information content (AvgIpc) is 2.80. The molecule has 1 heterocycles. The molecule has 0 aliphatic rings. The van der Waals surface area contributed by atoms with Crippen LogP contribution in [0.4, 0.5) is 0 Å². The van der Waals surface area contributed by atoms with E-state index in [9.17, 15) is 5.11 Å². The first-order valence-electron chi connectivity index (χ1n) is 6.14. The van der Waals surface area contributed by atoms with Gasteiger partial charge in [0.1, 0.15) is 0 Å². The Morgan fingerprint density at radius 1 is 1.28 bits per heavy atom. The van der Waals surface area contributed by atoms with Crippen LogP contribution in [0.3, 0.4) is 0 Å². The van der Waals surface area contributed by atoms with Crippen molar-refractivity contribution < 1.29 is 5.11 Å². The van der Waals surface area contributed by atoms with Gasteiger partial charge in [0.05, 0.1) is 11.1 Å². The van der Waals surface area contributed by atoms with Crippen molar-refractivity contribution in [2.45, 2.75) is 38.7 Å². The molecule has 1 aromatic heterocycles. The fourth-order valence-electron chi connectivity index (χ4n) is 2.10. The number of nitrogens with zero attached hydrogens (tertiary/aromatic N) is 1. The predicted molar refractivity (Wildman–Crippen MR) is 75.9 cm³/mol. The summed E-state index contributed by atoms with van der Waals surface area (Å²) in [6.45, 7) is 6.51. The molecular formula is C15H19NOS. The molecule has 0 radical (unpaired) electrons. The highest BCUT2D eigenvalue weighted by Crippen LogP contribution is 2.31. The Kier molecular flexibility index (Phi) is 3.83. The fraction of sp³-hybridized carbons (Fsp3) is 0.400. The van der Waals surface area contributed by atoms with Crippen LogP contribution in [0.2, 0.25) is 0 Å². The van der Waals surface area contributed by atoms with Gasteiger partial charge in [-0.15, -0.1) is 11.3 Å². The van der Waals surface area contributed by atoms with Crippen LogP contribution in [0.5, 0.6) is 0 Å². The Labute approximate surface area is 112 Å². The van der Waals surface area contributed by atoms with Crippen LogP contribution < -0.4 is 0 Å². The topological polar surface area (TPSA) is 33.1 Å². The lowest BCUT2D eigenvalue weighted by Gasteiger charge is -2.25. The van der Waals surface area contributed by atoms with E-state index in [1.807, 2.05) is 23.6 Å². The zero-order chi connectivity index (χ0) is 13.2. The minimum atomic E-state index is -0.480. The highest BCUT2D eigenvalue weighted by molar-refractivity contribution is 7.09. The van der Waals surface area contributed by atoms with Crippen LogP contribution in [0.1, 0.15) is 43.0 Å². The number of aliphatic hydroxyl groups is 1. The van der Waals surface area contributed by atoms with Gasteiger partial charge in [-0.25, -0.2) is 4.98 Å². The molecule has 0 amide bonds. The highest BCUT2D eigenvalue weighted by atomic mass is 32.1. The van der Waals surface area contributed by atoms with Crippen molar-refractivity contribution in [1.29, 1.82) is 0 Å². The third kappa shape index (κ3) is 2.98. The zero-order valence-electron chi connectivity index (χ0n) is 11.1. The van der Waals surface area contributed by atoms with Gasteiger partial charge < -0.3 is 5.11 Å². The second-order valence-corrected chi connectivity index (χ2v) is 6.46. The number of rotatable bonds is 3. The quantitative estimate of drug-likeness (QED) is 0.913. The maximum Gasteiger partial charge on any atom is 0.0954 e. The van der Waals surface area contributed by atoms with Crippen molar-refractivity contribution in [2.75, 3.05) is 0 Å². The standard InChI is InChI=1S/C15H19NOS/c1-15(2,3)12-7-5-4-6-11(12)13(17)10-14-16-8-9-18-14/h4-9,13,17H,10H2,1-3H3. The Morgan fingerprint density at radius 3 is 2.61 bits per heavy atom. The lowest BCUT2D eigenvalue weighted by Crippen LogP contribution is -2.16. The molecule has 3 heteroatoms. The lowest BCUT2D eigenvalue weighted by atomic mass is 9.82. The Bertz CT molecular complexity index is 499. The van der Waals surface area contributed by atoms with Crippen LogP contribution in [0.25, 0.3) is 0 Å². The van der Waals surface area contributed by atoms with E-state index >= 15 is 0 Å². The molecule has 0 bridgehead atoms. The van der Waals surface area contributed by atoms with Crippen LogP contribution in [0, 0.1) is 0 Å². The first-order valence-corrected chi connectivity index (χ1v) is 7.02. The molecule has 1 aromatic carbocycles. The molecule has 1 N–H and O–H groups in total. The number of hydrogen-bond acceptors (Lipinski definition) is 3. The summed E-state index contributed by atoms with van der Waals surface area (Å²) in [6.07, 6.45) is 1.89. The summed E-state index contributed by atoms with van der Waals surface area (Å²) < 4.78 is 0. The van der Waals surface area contributed by atoms with Crippen molar-refractivity contribution in [2.24, 2.45) is 0 Å². The van der Waals surface area contributed by atoms with E-state index in [0.29, 0.717) is 6.42 Å². The fourth-order valence-corrected chi connectivity index (χ4v) is 2.75. The number of thiazole rings is 1. The summed E-state index contributed by atoms with van der Waals surface area (Å²) in [4.78, 5) is 4.23. The van der Waals surface area contributed by atoms with E-state index < -0.39 is 6.10 Å². The zero-order valence-corrected chi connectivity index (χ0v) is 11.9. The first-order chi connectivity index (χ1) is 8.48. The molecular weight excluding hydrogens is 242 g/mol. The number of benzene rings is 1. The van der Waals surface area contributed by atoms with Gasteiger partial charge in [0.2, 0.25) is 0 Å². The number of aromatic nitrogens is 1. The third-order valence-electron chi connectivity index (χ3n) is 2.98. The summed E-state index contributed by atoms with van der Waals surface area (Å²) in [5, 5.41) is 13.3. The summed E-state index contributed by atoms with van der Waals surface area (Å²) in [5.74, 6) is 0. The minimum absolute atomic E-state index is 0.0421.